The molecule has 23 heavy (non-hydrogen) atoms. The number of rotatable bonds is 5. The maximum Gasteiger partial charge on any atom is 0.516 e. The molecule has 0 heterocycles. The Kier molecular flexibility index (Phi) is 9.72. The largest absolute Gasteiger partial charge is 0.516 e. The third-order valence-corrected chi connectivity index (χ3v) is 10.9. The predicted octanol–water partition coefficient (Wildman–Crippen LogP) is 3.33. The first kappa shape index (κ1) is 24.7. The van der Waals surface area contributed by atoms with Crippen molar-refractivity contribution in [3.05, 3.63) is 0 Å². The zero-order valence-electron chi connectivity index (χ0n) is 13.2. The summed E-state index contributed by atoms with van der Waals surface area (Å²) in [4.78, 5) is 9.81. The molecule has 0 unspecified atom stereocenters. The summed E-state index contributed by atoms with van der Waals surface area (Å²) in [6, 6.07) is 0. The fraction of sp³-hybridized carbons (Fsp3) is 0.909. The van der Waals surface area contributed by atoms with Crippen LogP contribution < -0.4 is 4.72 Å². The van der Waals surface area contributed by atoms with Crippen molar-refractivity contribution in [3.63, 3.8) is 0 Å². The van der Waals surface area contributed by atoms with E-state index in [1.165, 1.54) is 24.6 Å². The third-order valence-electron chi connectivity index (χ3n) is 3.79. The van der Waals surface area contributed by atoms with E-state index in [0.29, 0.717) is 0 Å². The summed E-state index contributed by atoms with van der Waals surface area (Å²) in [5.41, 5.74) is -5.96. The molecule has 0 spiro atoms. The quantitative estimate of drug-likeness (QED) is 0.576. The average Bonchev–Trinajstić information content (AvgIpc) is 2.40. The summed E-state index contributed by atoms with van der Waals surface area (Å²) in [7, 11) is -6.99. The molecule has 12 heteroatoms. The van der Waals surface area contributed by atoms with Gasteiger partial charge in [-0.25, -0.2) is 4.72 Å². The standard InChI is InChI=1S/C8H21P.C3HF6NO3S/c1-5-9(6-2,7-3)8-4;4-2(5,6)1(11)10-14(12,13)3(7,8)9/h9H,5-8H2,1-4H3;(H,10,11). The number of amides is 1. The van der Waals surface area contributed by atoms with E-state index in [9.17, 15) is 39.6 Å². The van der Waals surface area contributed by atoms with Crippen molar-refractivity contribution in [2.24, 2.45) is 0 Å². The molecule has 0 aliphatic rings. The maximum absolute atomic E-state index is 11.4. The Morgan fingerprint density at radius 1 is 0.870 bits per heavy atom. The minimum absolute atomic E-state index is 0.181. The van der Waals surface area contributed by atoms with Crippen LogP contribution in [0.3, 0.4) is 0 Å². The second-order valence-corrected chi connectivity index (χ2v) is 12.3. The van der Waals surface area contributed by atoms with E-state index in [0.717, 1.165) is 0 Å². The molecule has 4 nitrogen and oxygen atoms in total. The first-order valence-corrected chi connectivity index (χ1v) is 11.1. The van der Waals surface area contributed by atoms with Crippen molar-refractivity contribution in [2.45, 2.75) is 39.4 Å². The number of hydrogen-bond donors (Lipinski definition) is 1. The van der Waals surface area contributed by atoms with E-state index in [-0.39, 0.29) is 4.72 Å². The van der Waals surface area contributed by atoms with Crippen molar-refractivity contribution >= 4 is 23.2 Å². The van der Waals surface area contributed by atoms with Crippen LogP contribution in [0.1, 0.15) is 27.7 Å². The molecule has 0 aromatic carbocycles. The van der Waals surface area contributed by atoms with Crippen LogP contribution in [-0.4, -0.2) is 50.7 Å². The van der Waals surface area contributed by atoms with Crippen molar-refractivity contribution in [2.75, 3.05) is 24.6 Å². The molecule has 0 saturated heterocycles. The number of carbonyl (C=O) groups is 1. The van der Waals surface area contributed by atoms with Gasteiger partial charge in [-0.2, -0.15) is 34.8 Å². The van der Waals surface area contributed by atoms with Gasteiger partial charge in [-0.1, -0.05) is 0 Å². The van der Waals surface area contributed by atoms with Crippen LogP contribution in [0.15, 0.2) is 0 Å². The van der Waals surface area contributed by atoms with Gasteiger partial charge in [0.05, 0.1) is 0 Å². The maximum atomic E-state index is 11.4. The fourth-order valence-corrected chi connectivity index (χ4v) is 5.21. The first-order chi connectivity index (χ1) is 10.1. The number of nitrogens with one attached hydrogen (secondary N) is 1. The molecule has 142 valence electrons. The first-order valence-electron chi connectivity index (χ1n) is 6.82. The summed E-state index contributed by atoms with van der Waals surface area (Å²) in [6.45, 7) is 9.46. The molecular formula is C11H22F6NO3PS. The topological polar surface area (TPSA) is 63.2 Å². The minimum Gasteiger partial charge on any atom is -0.263 e. The van der Waals surface area contributed by atoms with E-state index in [4.69, 9.17) is 0 Å². The Labute approximate surface area is 132 Å². The number of sulfonamides is 1. The molecule has 1 amide bonds. The Balaban J connectivity index is 0. The summed E-state index contributed by atoms with van der Waals surface area (Å²) < 4.78 is 87.9. The second kappa shape index (κ2) is 9.05. The van der Waals surface area contributed by atoms with Gasteiger partial charge in [0.1, 0.15) is 0 Å². The molecule has 0 saturated carbocycles. The fourth-order valence-electron chi connectivity index (χ4n) is 1.74. The number of hydrogen-bond acceptors (Lipinski definition) is 3. The Bertz CT molecular complexity index is 454. The van der Waals surface area contributed by atoms with Crippen molar-refractivity contribution in [3.8, 4) is 0 Å². The van der Waals surface area contributed by atoms with Gasteiger partial charge in [-0.3, -0.25) is 4.79 Å². The SMILES string of the molecule is CC[PH](CC)(CC)CC.O=C(NS(=O)(=O)C(F)(F)F)C(F)(F)F. The number of alkyl halides is 6. The number of halogens is 6. The predicted molar refractivity (Wildman–Crippen MR) is 79.7 cm³/mol. The van der Waals surface area contributed by atoms with E-state index in [1.54, 1.807) is 0 Å². The molecule has 0 aliphatic carbocycles. The molecule has 0 fully saturated rings. The van der Waals surface area contributed by atoms with Gasteiger partial charge >= 0.3 is 87.2 Å². The van der Waals surface area contributed by atoms with Crippen molar-refractivity contribution in [1.82, 2.24) is 4.72 Å². The number of carbonyl (C=O) groups excluding carboxylic acids is 1. The molecule has 0 radical (unpaired) electrons. The monoisotopic (exact) mass is 393 g/mol. The van der Waals surface area contributed by atoms with Gasteiger partial charge in [0.25, 0.3) is 0 Å². The summed E-state index contributed by atoms with van der Waals surface area (Å²) in [5, 5.41) is 0. The zero-order chi connectivity index (χ0) is 19.1. The molecule has 0 aromatic rings. The van der Waals surface area contributed by atoms with Gasteiger partial charge in [-0.15, -0.1) is 0 Å². The average molecular weight is 393 g/mol. The summed E-state index contributed by atoms with van der Waals surface area (Å²) in [6.07, 6.45) is 0.234. The van der Waals surface area contributed by atoms with Crippen LogP contribution in [0.4, 0.5) is 26.3 Å². The molecule has 0 bridgehead atoms. The Morgan fingerprint density at radius 2 is 1.17 bits per heavy atom. The third kappa shape index (κ3) is 8.19. The van der Waals surface area contributed by atoms with Crippen molar-refractivity contribution in [1.29, 1.82) is 0 Å². The van der Waals surface area contributed by atoms with E-state index in [2.05, 4.69) is 27.7 Å². The molecule has 0 atom stereocenters. The van der Waals surface area contributed by atoms with E-state index < -0.39 is 34.9 Å². The van der Waals surface area contributed by atoms with Crippen molar-refractivity contribution < 1.29 is 39.6 Å². The van der Waals surface area contributed by atoms with Crippen LogP contribution >= 0.6 is 7.26 Å². The van der Waals surface area contributed by atoms with E-state index in [1.807, 2.05) is 0 Å². The van der Waals surface area contributed by atoms with Gasteiger partial charge < -0.3 is 0 Å². The van der Waals surface area contributed by atoms with Crippen LogP contribution in [0.5, 0.6) is 0 Å². The normalized spacial score (nSPS) is 13.8. The molecule has 1 N–H and O–H groups in total. The Morgan fingerprint density at radius 3 is 1.30 bits per heavy atom. The van der Waals surface area contributed by atoms with Gasteiger partial charge in [0, 0.05) is 0 Å². The molecule has 0 aromatic heterocycles. The molecule has 0 rings (SSSR count). The van der Waals surface area contributed by atoms with Crippen LogP contribution in [-0.2, 0) is 14.8 Å². The summed E-state index contributed by atoms with van der Waals surface area (Å²) >= 11 is 0. The van der Waals surface area contributed by atoms with Crippen LogP contribution in [0, 0.1) is 0 Å². The van der Waals surface area contributed by atoms with Gasteiger partial charge in [-0.05, 0) is 0 Å². The summed E-state index contributed by atoms with van der Waals surface area (Å²) in [5.74, 6) is -3.20. The second-order valence-electron chi connectivity index (χ2n) is 4.79. The Hall–Kier alpha value is -0.570. The van der Waals surface area contributed by atoms with Gasteiger partial charge in [0.2, 0.25) is 0 Å². The molecule has 0 aliphatic heterocycles. The van der Waals surface area contributed by atoms with Crippen LogP contribution in [0.2, 0.25) is 0 Å². The van der Waals surface area contributed by atoms with E-state index >= 15 is 0 Å². The molecular weight excluding hydrogens is 371 g/mol. The van der Waals surface area contributed by atoms with Crippen LogP contribution in [0.25, 0.3) is 0 Å². The van der Waals surface area contributed by atoms with Gasteiger partial charge in [0.15, 0.2) is 0 Å². The smallest absolute Gasteiger partial charge is 0.263 e. The minimum atomic E-state index is -6.30. The zero-order valence-corrected chi connectivity index (χ0v) is 15.0.